The van der Waals surface area contributed by atoms with E-state index in [0.717, 1.165) is 10.1 Å². The molecular weight excluding hydrogens is 200 g/mol. The third-order valence-corrected chi connectivity index (χ3v) is 2.96. The van der Waals surface area contributed by atoms with Gasteiger partial charge in [-0.25, -0.2) is 4.79 Å². The van der Waals surface area contributed by atoms with Crippen LogP contribution in [0.1, 0.15) is 9.67 Å². The van der Waals surface area contributed by atoms with Gasteiger partial charge in [-0.15, -0.1) is 11.3 Å². The first-order chi connectivity index (χ1) is 6.68. The lowest BCUT2D eigenvalue weighted by atomic mass is 10.2. The Morgan fingerprint density at radius 2 is 1.93 bits per heavy atom. The van der Waals surface area contributed by atoms with Crippen molar-refractivity contribution in [3.05, 3.63) is 35.2 Å². The maximum Gasteiger partial charge on any atom is 0.378 e. The summed E-state index contributed by atoms with van der Waals surface area (Å²) in [5, 5.41) is 9.42. The van der Waals surface area contributed by atoms with Gasteiger partial charge in [0, 0.05) is 4.70 Å². The van der Waals surface area contributed by atoms with Crippen molar-refractivity contribution in [1.82, 2.24) is 0 Å². The van der Waals surface area contributed by atoms with Gasteiger partial charge in [0.15, 0.2) is 0 Å². The molecular formula is C10H6O3S. The van der Waals surface area contributed by atoms with Gasteiger partial charge in [-0.1, -0.05) is 18.2 Å². The Bertz CT molecular complexity index is 480. The lowest BCUT2D eigenvalue weighted by Crippen LogP contribution is -2.10. The largest absolute Gasteiger partial charge is 0.475 e. The predicted molar refractivity (Wildman–Crippen MR) is 53.8 cm³/mol. The fraction of sp³-hybridized carbons (Fsp3) is 0. The Morgan fingerprint density at radius 3 is 2.57 bits per heavy atom. The van der Waals surface area contributed by atoms with Gasteiger partial charge in [-0.3, -0.25) is 4.79 Å². The highest BCUT2D eigenvalue weighted by atomic mass is 32.1. The van der Waals surface area contributed by atoms with Crippen molar-refractivity contribution in [2.75, 3.05) is 0 Å². The fourth-order valence-corrected chi connectivity index (χ4v) is 2.19. The first-order valence-electron chi connectivity index (χ1n) is 3.94. The zero-order valence-corrected chi connectivity index (χ0v) is 7.88. The number of carbonyl (C=O) groups excluding carboxylic acids is 1. The van der Waals surface area contributed by atoms with Crippen LogP contribution in [-0.4, -0.2) is 16.9 Å². The Morgan fingerprint density at radius 1 is 1.21 bits per heavy atom. The summed E-state index contributed by atoms with van der Waals surface area (Å²) in [6, 6.07) is 9.03. The van der Waals surface area contributed by atoms with E-state index in [9.17, 15) is 9.59 Å². The number of ketones is 1. The van der Waals surface area contributed by atoms with Crippen molar-refractivity contribution in [3.63, 3.8) is 0 Å². The van der Waals surface area contributed by atoms with E-state index < -0.39 is 11.8 Å². The maximum atomic E-state index is 11.1. The molecule has 0 radical (unpaired) electrons. The molecule has 14 heavy (non-hydrogen) atoms. The van der Waals surface area contributed by atoms with Crippen molar-refractivity contribution in [2.45, 2.75) is 0 Å². The minimum Gasteiger partial charge on any atom is -0.475 e. The summed E-state index contributed by atoms with van der Waals surface area (Å²) in [5.74, 6) is -2.25. The highest BCUT2D eigenvalue weighted by Crippen LogP contribution is 2.25. The summed E-state index contributed by atoms with van der Waals surface area (Å²) in [6.45, 7) is 0. The normalized spacial score (nSPS) is 10.3. The zero-order valence-electron chi connectivity index (χ0n) is 7.06. The summed E-state index contributed by atoms with van der Waals surface area (Å²) in [4.78, 5) is 21.8. The summed E-state index contributed by atoms with van der Waals surface area (Å²) < 4.78 is 0.928. The molecule has 4 heteroatoms. The van der Waals surface area contributed by atoms with Gasteiger partial charge >= 0.3 is 5.97 Å². The molecule has 0 saturated carbocycles. The number of carboxylic acids is 1. The fourth-order valence-electron chi connectivity index (χ4n) is 1.20. The molecule has 0 bridgehead atoms. The molecule has 0 aliphatic heterocycles. The molecule has 1 heterocycles. The van der Waals surface area contributed by atoms with E-state index in [1.54, 1.807) is 6.07 Å². The lowest BCUT2D eigenvalue weighted by Gasteiger charge is -1.85. The van der Waals surface area contributed by atoms with Crippen LogP contribution in [0.15, 0.2) is 30.3 Å². The number of Topliss-reactive ketones (excluding diaryl/α,β-unsaturated/α-hetero) is 1. The van der Waals surface area contributed by atoms with Gasteiger partial charge in [0.25, 0.3) is 5.78 Å². The third-order valence-electron chi connectivity index (χ3n) is 1.84. The molecule has 0 amide bonds. The highest BCUT2D eigenvalue weighted by Gasteiger charge is 2.16. The predicted octanol–water partition coefficient (Wildman–Crippen LogP) is 2.17. The summed E-state index contributed by atoms with van der Waals surface area (Å²) in [5.41, 5.74) is 0. The molecule has 0 saturated heterocycles. The van der Waals surface area contributed by atoms with Gasteiger partial charge in [0.2, 0.25) is 0 Å². The summed E-state index contributed by atoms with van der Waals surface area (Å²) >= 11 is 1.20. The Hall–Kier alpha value is -1.68. The van der Waals surface area contributed by atoms with Crippen LogP contribution in [0.5, 0.6) is 0 Å². The standard InChI is InChI=1S/C10H6O3S/c11-9(10(12)13)8-5-6-3-1-2-4-7(6)14-8/h1-5H,(H,12,13). The third kappa shape index (κ3) is 1.40. The summed E-state index contributed by atoms with van der Waals surface area (Å²) in [7, 11) is 0. The van der Waals surface area contributed by atoms with E-state index in [-0.39, 0.29) is 4.88 Å². The molecule has 70 valence electrons. The van der Waals surface area contributed by atoms with Gasteiger partial charge in [-0.2, -0.15) is 0 Å². The second-order valence-corrected chi connectivity index (χ2v) is 3.87. The molecule has 0 aliphatic carbocycles. The van der Waals surface area contributed by atoms with Gasteiger partial charge in [0.1, 0.15) is 0 Å². The number of aliphatic carboxylic acids is 1. The number of hydrogen-bond acceptors (Lipinski definition) is 3. The van der Waals surface area contributed by atoms with Crippen molar-refractivity contribution < 1.29 is 14.7 Å². The number of benzene rings is 1. The quantitative estimate of drug-likeness (QED) is 0.605. The molecule has 0 aliphatic rings. The van der Waals surface area contributed by atoms with E-state index in [1.165, 1.54) is 11.3 Å². The van der Waals surface area contributed by atoms with E-state index >= 15 is 0 Å². The van der Waals surface area contributed by atoms with E-state index in [1.807, 2.05) is 24.3 Å². The summed E-state index contributed by atoms with van der Waals surface area (Å²) in [6.07, 6.45) is 0. The highest BCUT2D eigenvalue weighted by molar-refractivity contribution is 7.21. The second kappa shape index (κ2) is 3.23. The molecule has 3 nitrogen and oxygen atoms in total. The first kappa shape index (κ1) is 8.90. The van der Waals surface area contributed by atoms with Crippen LogP contribution < -0.4 is 0 Å². The van der Waals surface area contributed by atoms with Gasteiger partial charge in [0.05, 0.1) is 4.88 Å². The van der Waals surface area contributed by atoms with Crippen molar-refractivity contribution in [2.24, 2.45) is 0 Å². The number of rotatable bonds is 2. The number of thiophene rings is 1. The molecule has 1 aromatic heterocycles. The van der Waals surface area contributed by atoms with Crippen LogP contribution in [0.4, 0.5) is 0 Å². The van der Waals surface area contributed by atoms with Crippen molar-refractivity contribution in [1.29, 1.82) is 0 Å². The van der Waals surface area contributed by atoms with Gasteiger partial charge < -0.3 is 5.11 Å². The number of carbonyl (C=O) groups is 2. The molecule has 1 N–H and O–H groups in total. The van der Waals surface area contributed by atoms with Crippen LogP contribution in [0, 0.1) is 0 Å². The molecule has 0 fully saturated rings. The smallest absolute Gasteiger partial charge is 0.378 e. The Kier molecular flexibility index (Phi) is 2.05. The molecule has 0 atom stereocenters. The zero-order chi connectivity index (χ0) is 10.1. The van der Waals surface area contributed by atoms with Crippen LogP contribution in [0.25, 0.3) is 10.1 Å². The lowest BCUT2D eigenvalue weighted by molar-refractivity contribution is -0.131. The average molecular weight is 206 g/mol. The number of carboxylic acid groups (broad SMARTS) is 1. The number of hydrogen-bond donors (Lipinski definition) is 1. The number of fused-ring (bicyclic) bond motifs is 1. The van der Waals surface area contributed by atoms with Crippen LogP contribution in [-0.2, 0) is 4.79 Å². The monoisotopic (exact) mass is 206 g/mol. The average Bonchev–Trinajstić information content (AvgIpc) is 2.59. The first-order valence-corrected chi connectivity index (χ1v) is 4.76. The Labute approximate surface area is 83.6 Å². The molecule has 2 aromatic rings. The molecule has 2 rings (SSSR count). The SMILES string of the molecule is O=C(O)C(=O)c1cc2ccccc2s1. The van der Waals surface area contributed by atoms with Crippen LogP contribution >= 0.6 is 11.3 Å². The maximum absolute atomic E-state index is 11.1. The van der Waals surface area contributed by atoms with Crippen LogP contribution in [0.2, 0.25) is 0 Å². The van der Waals surface area contributed by atoms with Crippen LogP contribution in [0.3, 0.4) is 0 Å². The molecule has 0 unspecified atom stereocenters. The topological polar surface area (TPSA) is 54.4 Å². The van der Waals surface area contributed by atoms with E-state index in [0.29, 0.717) is 0 Å². The molecule has 1 aromatic carbocycles. The minimum absolute atomic E-state index is 0.277. The van der Waals surface area contributed by atoms with Gasteiger partial charge in [-0.05, 0) is 17.5 Å². The van der Waals surface area contributed by atoms with Crippen molar-refractivity contribution >= 4 is 33.2 Å². The minimum atomic E-state index is -1.41. The molecule has 0 spiro atoms. The Balaban J connectivity index is 2.55. The van der Waals surface area contributed by atoms with E-state index in [4.69, 9.17) is 5.11 Å². The second-order valence-electron chi connectivity index (χ2n) is 2.78. The van der Waals surface area contributed by atoms with E-state index in [2.05, 4.69) is 0 Å². The van der Waals surface area contributed by atoms with Crippen molar-refractivity contribution in [3.8, 4) is 0 Å².